The molecule has 0 saturated heterocycles. The molecule has 0 aliphatic rings. The van der Waals surface area contributed by atoms with Crippen LogP contribution in [0.2, 0.25) is 5.02 Å². The first kappa shape index (κ1) is 14.3. The largest absolute Gasteiger partial charge is 0.504 e. The molecule has 0 amide bonds. The number of hydrogen-bond donors (Lipinski definition) is 3. The summed E-state index contributed by atoms with van der Waals surface area (Å²) in [6.07, 6.45) is 0. The van der Waals surface area contributed by atoms with Crippen LogP contribution in [-0.2, 0) is 0 Å². The maximum atomic E-state index is 10.5. The third-order valence-electron chi connectivity index (χ3n) is 3.71. The minimum absolute atomic E-state index is 0.00288. The summed E-state index contributed by atoms with van der Waals surface area (Å²) in [7, 11) is 0. The van der Waals surface area contributed by atoms with Gasteiger partial charge in [0.15, 0.2) is 11.6 Å². The van der Waals surface area contributed by atoms with E-state index in [4.69, 9.17) is 16.9 Å². The lowest BCUT2D eigenvalue weighted by Gasteiger charge is -1.98. The summed E-state index contributed by atoms with van der Waals surface area (Å²) in [5, 5.41) is 27.0. The average Bonchev–Trinajstić information content (AvgIpc) is 3.18. The van der Waals surface area contributed by atoms with Crippen LogP contribution in [0.3, 0.4) is 0 Å². The Labute approximate surface area is 141 Å². The molecule has 4 rings (SSSR count). The van der Waals surface area contributed by atoms with Gasteiger partial charge in [-0.2, -0.15) is 10.4 Å². The molecule has 24 heavy (non-hydrogen) atoms. The number of hydrogen-bond acceptors (Lipinski definition) is 4. The molecule has 3 N–H and O–H groups in total. The summed E-state index contributed by atoms with van der Waals surface area (Å²) in [4.78, 5) is 7.51. The molecule has 0 fully saturated rings. The lowest BCUT2D eigenvalue weighted by atomic mass is 10.1. The minimum Gasteiger partial charge on any atom is -0.504 e. The molecule has 0 radical (unpaired) electrons. The Morgan fingerprint density at radius 3 is 2.67 bits per heavy atom. The zero-order valence-corrected chi connectivity index (χ0v) is 13.0. The molecule has 4 aromatic rings. The Balaban J connectivity index is 1.80. The van der Waals surface area contributed by atoms with Crippen molar-refractivity contribution < 1.29 is 5.11 Å². The van der Waals surface area contributed by atoms with Crippen molar-refractivity contribution in [1.82, 2.24) is 20.2 Å². The van der Waals surface area contributed by atoms with E-state index >= 15 is 0 Å². The van der Waals surface area contributed by atoms with Crippen LogP contribution >= 0.6 is 11.6 Å². The first-order valence-corrected chi connectivity index (χ1v) is 7.47. The van der Waals surface area contributed by atoms with E-state index in [0.29, 0.717) is 38.8 Å². The molecule has 0 bridgehead atoms. The third-order valence-corrected chi connectivity index (χ3v) is 3.96. The second-order valence-corrected chi connectivity index (χ2v) is 5.67. The monoisotopic (exact) mass is 335 g/mol. The zero-order valence-electron chi connectivity index (χ0n) is 12.2. The second-order valence-electron chi connectivity index (χ2n) is 5.23. The van der Waals surface area contributed by atoms with Gasteiger partial charge >= 0.3 is 0 Å². The average molecular weight is 336 g/mol. The molecule has 6 nitrogen and oxygen atoms in total. The van der Waals surface area contributed by atoms with Crippen LogP contribution in [0.25, 0.3) is 33.8 Å². The van der Waals surface area contributed by atoms with E-state index in [-0.39, 0.29) is 5.75 Å². The number of aromatic amines is 2. The number of benzene rings is 2. The molecule has 2 heterocycles. The summed E-state index contributed by atoms with van der Waals surface area (Å²) in [5.74, 6) is 0.446. The van der Waals surface area contributed by atoms with E-state index < -0.39 is 0 Å². The van der Waals surface area contributed by atoms with Crippen molar-refractivity contribution in [2.75, 3.05) is 0 Å². The molecule has 0 aliphatic carbocycles. The van der Waals surface area contributed by atoms with Crippen molar-refractivity contribution >= 4 is 22.6 Å². The number of aromatic hydroxyl groups is 1. The molecule has 0 aliphatic heterocycles. The third kappa shape index (κ3) is 2.28. The van der Waals surface area contributed by atoms with Crippen molar-refractivity contribution in [3.05, 3.63) is 53.1 Å². The Kier molecular flexibility index (Phi) is 3.22. The maximum Gasteiger partial charge on any atom is 0.172 e. The van der Waals surface area contributed by atoms with Gasteiger partial charge in [-0.25, -0.2) is 4.98 Å². The standard InChI is InChI=1S/C17H10ClN5O/c18-11-4-2-10(3-5-11)14-16(24)15(23-22-14)17-20-12-6-1-9(8-19)7-13(12)21-17/h1-7,24H,(H,20,21)(H,22,23). The first-order valence-electron chi connectivity index (χ1n) is 7.09. The van der Waals surface area contributed by atoms with Crippen LogP contribution in [-0.4, -0.2) is 25.3 Å². The van der Waals surface area contributed by atoms with Crippen molar-refractivity contribution in [2.24, 2.45) is 0 Å². The molecular weight excluding hydrogens is 326 g/mol. The highest BCUT2D eigenvalue weighted by atomic mass is 35.5. The number of halogens is 1. The van der Waals surface area contributed by atoms with Gasteiger partial charge in [0.25, 0.3) is 0 Å². The minimum atomic E-state index is -0.00288. The number of nitriles is 1. The summed E-state index contributed by atoms with van der Waals surface area (Å²) in [5.41, 5.74) is 3.49. The second kappa shape index (κ2) is 5.41. The fourth-order valence-corrected chi connectivity index (χ4v) is 2.63. The number of aromatic nitrogens is 4. The fourth-order valence-electron chi connectivity index (χ4n) is 2.51. The summed E-state index contributed by atoms with van der Waals surface area (Å²) in [6, 6.07) is 14.3. The van der Waals surface area contributed by atoms with E-state index in [0.717, 1.165) is 5.56 Å². The topological polar surface area (TPSA) is 101 Å². The van der Waals surface area contributed by atoms with Crippen molar-refractivity contribution in [2.45, 2.75) is 0 Å². The van der Waals surface area contributed by atoms with Gasteiger partial charge in [-0.05, 0) is 30.3 Å². The van der Waals surface area contributed by atoms with E-state index in [1.807, 2.05) is 0 Å². The Bertz CT molecular complexity index is 1090. The molecule has 0 spiro atoms. The zero-order chi connectivity index (χ0) is 16.7. The highest BCUT2D eigenvalue weighted by Crippen LogP contribution is 2.35. The number of fused-ring (bicyclic) bond motifs is 1. The SMILES string of the molecule is N#Cc1ccc2nc(-c3[nH]nc(-c4ccc(Cl)cc4)c3O)[nH]c2c1. The number of nitrogens with one attached hydrogen (secondary N) is 2. The quantitative estimate of drug-likeness (QED) is 0.517. The highest BCUT2D eigenvalue weighted by molar-refractivity contribution is 6.30. The van der Waals surface area contributed by atoms with Gasteiger partial charge in [0.05, 0.1) is 22.7 Å². The van der Waals surface area contributed by atoms with E-state index in [9.17, 15) is 5.11 Å². The van der Waals surface area contributed by atoms with Crippen LogP contribution in [0.15, 0.2) is 42.5 Å². The Hall–Kier alpha value is -3.30. The molecule has 2 aromatic carbocycles. The lowest BCUT2D eigenvalue weighted by molar-refractivity contribution is 0.479. The van der Waals surface area contributed by atoms with Crippen molar-refractivity contribution in [3.8, 4) is 34.6 Å². The predicted molar refractivity (Wildman–Crippen MR) is 90.5 cm³/mol. The summed E-state index contributed by atoms with van der Waals surface area (Å²) in [6.45, 7) is 0. The van der Waals surface area contributed by atoms with Crippen molar-refractivity contribution in [3.63, 3.8) is 0 Å². The predicted octanol–water partition coefficient (Wildman–Crippen LogP) is 3.85. The molecule has 0 unspecified atom stereocenters. The summed E-state index contributed by atoms with van der Waals surface area (Å²) < 4.78 is 0. The number of imidazole rings is 1. The first-order chi connectivity index (χ1) is 11.7. The van der Waals surface area contributed by atoms with E-state index in [1.54, 1.807) is 42.5 Å². The Morgan fingerprint density at radius 1 is 1.12 bits per heavy atom. The fraction of sp³-hybridized carbons (Fsp3) is 0. The molecule has 2 aromatic heterocycles. The van der Waals surface area contributed by atoms with Crippen LogP contribution in [0.4, 0.5) is 0 Å². The van der Waals surface area contributed by atoms with Crippen LogP contribution in [0.1, 0.15) is 5.56 Å². The highest BCUT2D eigenvalue weighted by Gasteiger charge is 2.18. The van der Waals surface area contributed by atoms with Gasteiger partial charge in [-0.1, -0.05) is 23.7 Å². The molecular formula is C17H10ClN5O. The number of H-pyrrole nitrogens is 2. The van der Waals surface area contributed by atoms with Gasteiger partial charge in [0.1, 0.15) is 11.4 Å². The molecule has 7 heteroatoms. The van der Waals surface area contributed by atoms with Gasteiger partial charge in [-0.3, -0.25) is 5.10 Å². The smallest absolute Gasteiger partial charge is 0.172 e. The molecule has 116 valence electrons. The van der Waals surface area contributed by atoms with E-state index in [1.165, 1.54) is 0 Å². The Morgan fingerprint density at radius 2 is 1.92 bits per heavy atom. The van der Waals surface area contributed by atoms with Crippen LogP contribution in [0, 0.1) is 11.3 Å². The van der Waals surface area contributed by atoms with Gasteiger partial charge in [0.2, 0.25) is 0 Å². The number of rotatable bonds is 2. The normalized spacial score (nSPS) is 10.8. The van der Waals surface area contributed by atoms with Gasteiger partial charge < -0.3 is 10.1 Å². The maximum absolute atomic E-state index is 10.5. The lowest BCUT2D eigenvalue weighted by Crippen LogP contribution is -1.80. The molecule has 0 atom stereocenters. The van der Waals surface area contributed by atoms with Gasteiger partial charge in [-0.15, -0.1) is 0 Å². The van der Waals surface area contributed by atoms with Crippen molar-refractivity contribution in [1.29, 1.82) is 5.26 Å². The van der Waals surface area contributed by atoms with Gasteiger partial charge in [0, 0.05) is 10.6 Å². The van der Waals surface area contributed by atoms with Crippen LogP contribution in [0.5, 0.6) is 5.75 Å². The number of nitrogens with zero attached hydrogens (tertiary/aromatic N) is 3. The molecule has 0 saturated carbocycles. The summed E-state index contributed by atoms with van der Waals surface area (Å²) >= 11 is 5.88. The van der Waals surface area contributed by atoms with Crippen LogP contribution < -0.4 is 0 Å². The van der Waals surface area contributed by atoms with E-state index in [2.05, 4.69) is 26.2 Å².